The Morgan fingerprint density at radius 3 is 2.81 bits per heavy atom. The van der Waals surface area contributed by atoms with Crippen LogP contribution in [0, 0.1) is 0 Å². The van der Waals surface area contributed by atoms with E-state index in [9.17, 15) is 4.79 Å². The van der Waals surface area contributed by atoms with Crippen LogP contribution < -0.4 is 10.2 Å². The van der Waals surface area contributed by atoms with E-state index in [4.69, 9.17) is 4.98 Å². The Bertz CT molecular complexity index is 1110. The number of rotatable bonds is 6. The zero-order valence-corrected chi connectivity index (χ0v) is 19.6. The molecular formula is C24H30N6OS. The Balaban J connectivity index is 1.43. The molecule has 5 rings (SSSR count). The van der Waals surface area contributed by atoms with Crippen molar-refractivity contribution in [2.45, 2.75) is 50.5 Å². The molecule has 1 unspecified atom stereocenters. The molecule has 2 aromatic heterocycles. The molecule has 32 heavy (non-hydrogen) atoms. The van der Waals surface area contributed by atoms with Gasteiger partial charge >= 0.3 is 0 Å². The highest BCUT2D eigenvalue weighted by Gasteiger charge is 2.32. The molecule has 0 bridgehead atoms. The Hall–Kier alpha value is -2.58. The van der Waals surface area contributed by atoms with Gasteiger partial charge in [-0.2, -0.15) is 0 Å². The first kappa shape index (κ1) is 21.3. The first-order valence-corrected chi connectivity index (χ1v) is 12.4. The summed E-state index contributed by atoms with van der Waals surface area (Å²) < 4.78 is 0. The molecule has 0 radical (unpaired) electrons. The summed E-state index contributed by atoms with van der Waals surface area (Å²) in [5.74, 6) is 1.14. The normalized spacial score (nSPS) is 19.0. The number of carbonyl (C=O) groups is 1. The Kier molecular flexibility index (Phi) is 6.06. The number of carbonyl (C=O) groups excluding carboxylic acids is 1. The van der Waals surface area contributed by atoms with Gasteiger partial charge in [-0.25, -0.2) is 15.0 Å². The highest BCUT2D eigenvalue weighted by Crippen LogP contribution is 2.43. The summed E-state index contributed by atoms with van der Waals surface area (Å²) in [7, 11) is 4.23. The molecule has 0 spiro atoms. The fourth-order valence-electron chi connectivity index (χ4n) is 4.89. The Morgan fingerprint density at radius 2 is 2.00 bits per heavy atom. The molecule has 3 heterocycles. The second-order valence-corrected chi connectivity index (χ2v) is 10.1. The molecule has 1 amide bonds. The molecule has 1 aliphatic heterocycles. The number of aromatic nitrogens is 3. The van der Waals surface area contributed by atoms with Gasteiger partial charge in [0, 0.05) is 24.2 Å². The van der Waals surface area contributed by atoms with Crippen LogP contribution in [0.25, 0.3) is 10.3 Å². The first-order chi connectivity index (χ1) is 15.6. The van der Waals surface area contributed by atoms with Crippen LogP contribution in [-0.2, 0) is 0 Å². The quantitative estimate of drug-likeness (QED) is 0.602. The number of hydrogen-bond acceptors (Lipinski definition) is 7. The lowest BCUT2D eigenvalue weighted by Crippen LogP contribution is -2.36. The van der Waals surface area contributed by atoms with E-state index in [-0.39, 0.29) is 11.9 Å². The summed E-state index contributed by atoms with van der Waals surface area (Å²) in [5.41, 5.74) is 3.25. The van der Waals surface area contributed by atoms with E-state index in [0.29, 0.717) is 16.4 Å². The summed E-state index contributed by atoms with van der Waals surface area (Å²) >= 11 is 1.36. The van der Waals surface area contributed by atoms with E-state index in [1.54, 1.807) is 6.33 Å². The molecule has 2 aliphatic rings. The molecule has 1 aromatic carbocycles. The van der Waals surface area contributed by atoms with Gasteiger partial charge in [-0.05, 0) is 51.5 Å². The Labute approximate surface area is 192 Å². The molecule has 8 heteroatoms. The maximum Gasteiger partial charge on any atom is 0.280 e. The number of amides is 1. The lowest BCUT2D eigenvalue weighted by molar-refractivity contribution is 0.0927. The summed E-state index contributed by atoms with van der Waals surface area (Å²) in [6, 6.07) is 8.82. The number of para-hydroxylation sites is 1. The van der Waals surface area contributed by atoms with Crippen molar-refractivity contribution in [3.8, 4) is 0 Å². The van der Waals surface area contributed by atoms with E-state index >= 15 is 0 Å². The minimum absolute atomic E-state index is 0.0865. The maximum atomic E-state index is 12.9. The second-order valence-electron chi connectivity index (χ2n) is 9.14. The van der Waals surface area contributed by atoms with Crippen LogP contribution in [0.1, 0.15) is 59.8 Å². The number of thiazole rings is 1. The van der Waals surface area contributed by atoms with Crippen molar-refractivity contribution in [2.75, 3.05) is 32.1 Å². The summed E-state index contributed by atoms with van der Waals surface area (Å²) in [6.07, 6.45) is 8.42. The van der Waals surface area contributed by atoms with Gasteiger partial charge in [0.15, 0.2) is 10.8 Å². The third-order valence-corrected chi connectivity index (χ3v) is 7.52. The fourth-order valence-corrected chi connectivity index (χ4v) is 5.69. The van der Waals surface area contributed by atoms with Gasteiger partial charge in [-0.3, -0.25) is 4.79 Å². The molecule has 3 aromatic rings. The third-order valence-electron chi connectivity index (χ3n) is 6.56. The van der Waals surface area contributed by atoms with E-state index in [0.717, 1.165) is 43.0 Å². The minimum Gasteiger partial charge on any atom is -0.347 e. The molecule has 1 atom stereocenters. The van der Waals surface area contributed by atoms with Crippen molar-refractivity contribution >= 4 is 39.1 Å². The number of anilines is 2. The van der Waals surface area contributed by atoms with E-state index in [1.165, 1.54) is 41.9 Å². The standard InChI is InChI=1S/C24H30N6OS/c1-29(2)13-12-16-14-30(19-11-7-6-10-18(16)19)21-20-23(26-15-25-21)32-24(28-20)22(31)27-17-8-4-3-5-9-17/h6-7,10-11,15-17H,3-5,8-9,12-14H2,1-2H3,(H,27,31). The van der Waals surface area contributed by atoms with Gasteiger partial charge in [0.1, 0.15) is 16.7 Å². The van der Waals surface area contributed by atoms with Crippen molar-refractivity contribution in [1.82, 2.24) is 25.2 Å². The lowest BCUT2D eigenvalue weighted by Gasteiger charge is -2.22. The summed E-state index contributed by atoms with van der Waals surface area (Å²) in [6.45, 7) is 1.90. The van der Waals surface area contributed by atoms with Gasteiger partial charge in [0.25, 0.3) is 5.91 Å². The summed E-state index contributed by atoms with van der Waals surface area (Å²) in [5, 5.41) is 3.65. The van der Waals surface area contributed by atoms with E-state index in [2.05, 4.69) is 63.4 Å². The number of nitrogens with zero attached hydrogens (tertiary/aromatic N) is 5. The van der Waals surface area contributed by atoms with Crippen molar-refractivity contribution in [3.05, 3.63) is 41.2 Å². The van der Waals surface area contributed by atoms with Crippen LogP contribution in [0.5, 0.6) is 0 Å². The van der Waals surface area contributed by atoms with Crippen LogP contribution in [0.2, 0.25) is 0 Å². The number of hydrogen-bond donors (Lipinski definition) is 1. The first-order valence-electron chi connectivity index (χ1n) is 11.5. The highest BCUT2D eigenvalue weighted by molar-refractivity contribution is 7.20. The maximum absolute atomic E-state index is 12.9. The molecule has 1 N–H and O–H groups in total. The number of fused-ring (bicyclic) bond motifs is 2. The van der Waals surface area contributed by atoms with Crippen LogP contribution in [0.3, 0.4) is 0 Å². The Morgan fingerprint density at radius 1 is 1.19 bits per heavy atom. The van der Waals surface area contributed by atoms with Crippen molar-refractivity contribution in [2.24, 2.45) is 0 Å². The number of benzene rings is 1. The van der Waals surface area contributed by atoms with Gasteiger partial charge in [-0.15, -0.1) is 0 Å². The highest BCUT2D eigenvalue weighted by atomic mass is 32.1. The van der Waals surface area contributed by atoms with Crippen molar-refractivity contribution < 1.29 is 4.79 Å². The van der Waals surface area contributed by atoms with Gasteiger partial charge < -0.3 is 15.1 Å². The van der Waals surface area contributed by atoms with Crippen LogP contribution in [-0.4, -0.2) is 59.0 Å². The molecule has 168 valence electrons. The average molecular weight is 451 g/mol. The fraction of sp³-hybridized carbons (Fsp3) is 0.500. The predicted octanol–water partition coefficient (Wildman–Crippen LogP) is 4.34. The molecule has 1 saturated carbocycles. The third kappa shape index (κ3) is 4.21. The van der Waals surface area contributed by atoms with Crippen molar-refractivity contribution in [1.29, 1.82) is 0 Å². The van der Waals surface area contributed by atoms with Gasteiger partial charge in [-0.1, -0.05) is 48.8 Å². The van der Waals surface area contributed by atoms with Crippen LogP contribution in [0.4, 0.5) is 11.5 Å². The van der Waals surface area contributed by atoms with E-state index < -0.39 is 0 Å². The SMILES string of the molecule is CN(C)CCC1CN(c2ncnc3sc(C(=O)NC4CCCCC4)nc23)c2ccccc21. The summed E-state index contributed by atoms with van der Waals surface area (Å²) in [4.78, 5) is 31.9. The second kappa shape index (κ2) is 9.11. The van der Waals surface area contributed by atoms with E-state index in [1.807, 2.05) is 0 Å². The average Bonchev–Trinajstić information content (AvgIpc) is 3.40. The molecular weight excluding hydrogens is 420 g/mol. The zero-order chi connectivity index (χ0) is 22.1. The van der Waals surface area contributed by atoms with Gasteiger partial charge in [0.2, 0.25) is 0 Å². The smallest absolute Gasteiger partial charge is 0.280 e. The number of nitrogens with one attached hydrogen (secondary N) is 1. The van der Waals surface area contributed by atoms with Gasteiger partial charge in [0.05, 0.1) is 0 Å². The van der Waals surface area contributed by atoms with Crippen molar-refractivity contribution in [3.63, 3.8) is 0 Å². The van der Waals surface area contributed by atoms with Crippen LogP contribution >= 0.6 is 11.3 Å². The molecule has 0 saturated heterocycles. The largest absolute Gasteiger partial charge is 0.347 e. The zero-order valence-electron chi connectivity index (χ0n) is 18.8. The molecule has 1 aliphatic carbocycles. The lowest BCUT2D eigenvalue weighted by atomic mass is 9.95. The minimum atomic E-state index is -0.0865. The van der Waals surface area contributed by atoms with Crippen LogP contribution in [0.15, 0.2) is 30.6 Å². The monoisotopic (exact) mass is 450 g/mol. The predicted molar refractivity (Wildman–Crippen MR) is 129 cm³/mol. The topological polar surface area (TPSA) is 74.2 Å². The molecule has 7 nitrogen and oxygen atoms in total. The molecule has 1 fully saturated rings.